The Bertz CT molecular complexity index is 1390. The van der Waals surface area contributed by atoms with Crippen molar-refractivity contribution >= 4 is 45.6 Å². The first-order valence-electron chi connectivity index (χ1n) is 9.48. The van der Waals surface area contributed by atoms with Gasteiger partial charge in [-0.3, -0.25) is 5.10 Å². The molecule has 5 nitrogen and oxygen atoms in total. The molecule has 5 rings (SSSR count). The van der Waals surface area contributed by atoms with Crippen molar-refractivity contribution in [1.82, 2.24) is 15.2 Å². The number of para-hydroxylation sites is 1. The number of H-pyrrole nitrogens is 2. The molecule has 0 fully saturated rings. The second-order valence-corrected chi connectivity index (χ2v) is 8.25. The number of nitrogens with one attached hydrogen (secondary N) is 3. The largest absolute Gasteiger partial charge is 0.358 e. The second-order valence-electron chi connectivity index (χ2n) is 7.41. The summed E-state index contributed by atoms with van der Waals surface area (Å²) in [6, 6.07) is 15.9. The molecule has 0 spiro atoms. The lowest BCUT2D eigenvalue weighted by Gasteiger charge is -2.27. The highest BCUT2D eigenvalue weighted by Gasteiger charge is 2.35. The number of benzene rings is 2. The molecule has 2 aromatic heterocycles. The predicted octanol–water partition coefficient (Wildman–Crippen LogP) is 6.31. The molecule has 3 N–H and O–H groups in total. The van der Waals surface area contributed by atoms with Gasteiger partial charge in [-0.15, -0.1) is 0 Å². The first kappa shape index (κ1) is 18.8. The number of fused-ring (bicyclic) bond motifs is 2. The Balaban J connectivity index is 1.84. The minimum absolute atomic E-state index is 0.363. The normalized spacial score (nSPS) is 15.8. The van der Waals surface area contributed by atoms with Crippen molar-refractivity contribution < 1.29 is 0 Å². The maximum absolute atomic E-state index is 10.3. The predicted molar refractivity (Wildman–Crippen MR) is 121 cm³/mol. The zero-order valence-corrected chi connectivity index (χ0v) is 17.8. The van der Waals surface area contributed by atoms with E-state index in [9.17, 15) is 5.26 Å². The summed E-state index contributed by atoms with van der Waals surface area (Å²) in [7, 11) is 0. The number of allylic oxidation sites excluding steroid dienone is 1. The van der Waals surface area contributed by atoms with Crippen LogP contribution in [0.4, 0.5) is 5.82 Å². The van der Waals surface area contributed by atoms with Crippen LogP contribution in [0.3, 0.4) is 0 Å². The Kier molecular flexibility index (Phi) is 4.35. The van der Waals surface area contributed by atoms with Gasteiger partial charge in [0.25, 0.3) is 0 Å². The van der Waals surface area contributed by atoms with Crippen LogP contribution in [0.2, 0.25) is 10.0 Å². The highest BCUT2D eigenvalue weighted by Crippen LogP contribution is 2.47. The molecule has 3 heterocycles. The molecule has 7 heteroatoms. The summed E-state index contributed by atoms with van der Waals surface area (Å²) >= 11 is 12.7. The Hall–Kier alpha value is -3.20. The van der Waals surface area contributed by atoms with E-state index in [4.69, 9.17) is 23.2 Å². The van der Waals surface area contributed by atoms with Crippen LogP contribution >= 0.6 is 23.2 Å². The topological polar surface area (TPSA) is 80.3 Å². The van der Waals surface area contributed by atoms with Gasteiger partial charge in [0.2, 0.25) is 0 Å². The van der Waals surface area contributed by atoms with E-state index in [2.05, 4.69) is 26.6 Å². The van der Waals surface area contributed by atoms with E-state index < -0.39 is 0 Å². The summed E-state index contributed by atoms with van der Waals surface area (Å²) in [5.74, 6) is 0.333. The summed E-state index contributed by atoms with van der Waals surface area (Å²) in [5.41, 5.74) is 6.90. The number of nitrogens with zero attached hydrogens (tertiary/aromatic N) is 2. The van der Waals surface area contributed by atoms with Crippen molar-refractivity contribution in [2.45, 2.75) is 19.8 Å². The van der Waals surface area contributed by atoms with E-state index in [0.29, 0.717) is 21.4 Å². The first-order chi connectivity index (χ1) is 14.5. The number of nitriles is 1. The van der Waals surface area contributed by atoms with E-state index in [1.54, 1.807) is 12.1 Å². The highest BCUT2D eigenvalue weighted by atomic mass is 35.5. The van der Waals surface area contributed by atoms with Crippen LogP contribution in [-0.2, 0) is 0 Å². The third-order valence-corrected chi connectivity index (χ3v) is 6.18. The second kappa shape index (κ2) is 6.94. The van der Waals surface area contributed by atoms with Gasteiger partial charge in [-0.05, 0) is 37.6 Å². The fraction of sp³-hybridized carbons (Fsp3) is 0.130. The third-order valence-electron chi connectivity index (χ3n) is 5.62. The van der Waals surface area contributed by atoms with Crippen LogP contribution in [0.5, 0.6) is 0 Å². The molecule has 0 bridgehead atoms. The fourth-order valence-electron chi connectivity index (χ4n) is 4.32. The van der Waals surface area contributed by atoms with Gasteiger partial charge in [0.1, 0.15) is 0 Å². The maximum Gasteiger partial charge on any atom is 0.156 e. The summed E-state index contributed by atoms with van der Waals surface area (Å²) < 4.78 is 0. The number of halogens is 2. The van der Waals surface area contributed by atoms with Crippen molar-refractivity contribution in [2.24, 2.45) is 0 Å². The molecule has 1 atom stereocenters. The Labute approximate surface area is 183 Å². The van der Waals surface area contributed by atoms with Crippen LogP contribution in [0.1, 0.15) is 34.0 Å². The van der Waals surface area contributed by atoms with Gasteiger partial charge in [0.15, 0.2) is 5.82 Å². The monoisotopic (exact) mass is 433 g/mol. The van der Waals surface area contributed by atoms with Crippen molar-refractivity contribution in [3.63, 3.8) is 0 Å². The van der Waals surface area contributed by atoms with Crippen molar-refractivity contribution in [2.75, 3.05) is 5.32 Å². The van der Waals surface area contributed by atoms with Crippen molar-refractivity contribution in [1.29, 1.82) is 5.26 Å². The van der Waals surface area contributed by atoms with Gasteiger partial charge >= 0.3 is 0 Å². The number of hydrogen-bond donors (Lipinski definition) is 3. The SMILES string of the molecule is Cc1[nH]nc2c1C(c1ccc(Cl)cc1Cl)C(C#N)=C(c1c(C)[nH]c3ccccc13)N2. The van der Waals surface area contributed by atoms with E-state index in [1.807, 2.05) is 44.2 Å². The lowest BCUT2D eigenvalue weighted by atomic mass is 9.80. The van der Waals surface area contributed by atoms with Crippen LogP contribution in [0, 0.1) is 25.2 Å². The highest BCUT2D eigenvalue weighted by molar-refractivity contribution is 6.35. The minimum Gasteiger partial charge on any atom is -0.358 e. The van der Waals surface area contributed by atoms with Crippen LogP contribution in [0.25, 0.3) is 16.6 Å². The molecule has 0 radical (unpaired) electrons. The Morgan fingerprint density at radius 2 is 1.87 bits per heavy atom. The van der Waals surface area contributed by atoms with E-state index in [0.717, 1.165) is 44.7 Å². The quantitative estimate of drug-likeness (QED) is 0.346. The summed E-state index contributed by atoms with van der Waals surface area (Å²) in [5, 5.41) is 23.3. The standard InChI is InChI=1S/C23H17Cl2N5/c1-11-19(15-5-3-4-6-18(15)27-11)22-16(10-26)21(14-8-7-13(24)9-17(14)25)20-12(2)29-30-23(20)28-22/h3-9,21,27H,1-2H3,(H2,28,29,30). The summed E-state index contributed by atoms with van der Waals surface area (Å²) in [6.07, 6.45) is 0. The maximum atomic E-state index is 10.3. The Morgan fingerprint density at radius 3 is 2.63 bits per heavy atom. The molecule has 0 aliphatic carbocycles. The molecule has 30 heavy (non-hydrogen) atoms. The molecule has 1 unspecified atom stereocenters. The average Bonchev–Trinajstić information content (AvgIpc) is 3.25. The number of aromatic nitrogens is 3. The molecule has 148 valence electrons. The van der Waals surface area contributed by atoms with Crippen LogP contribution in [-0.4, -0.2) is 15.2 Å². The molecule has 0 amide bonds. The summed E-state index contributed by atoms with van der Waals surface area (Å²) in [6.45, 7) is 3.95. The van der Waals surface area contributed by atoms with Crippen LogP contribution in [0.15, 0.2) is 48.0 Å². The molecule has 2 aromatic carbocycles. The number of aromatic amines is 2. The van der Waals surface area contributed by atoms with Crippen molar-refractivity contribution in [3.8, 4) is 6.07 Å². The van der Waals surface area contributed by atoms with Gasteiger partial charge in [-0.2, -0.15) is 10.4 Å². The van der Waals surface area contributed by atoms with Gasteiger partial charge in [-0.25, -0.2) is 0 Å². The lowest BCUT2D eigenvalue weighted by Crippen LogP contribution is -2.18. The smallest absolute Gasteiger partial charge is 0.156 e. The number of aryl methyl sites for hydroxylation is 2. The van der Waals surface area contributed by atoms with E-state index >= 15 is 0 Å². The van der Waals surface area contributed by atoms with Crippen molar-refractivity contribution in [3.05, 3.63) is 86.2 Å². The zero-order valence-electron chi connectivity index (χ0n) is 16.3. The molecule has 4 aromatic rings. The average molecular weight is 434 g/mol. The zero-order chi connectivity index (χ0) is 21.0. The fourth-order valence-corrected chi connectivity index (χ4v) is 4.84. The minimum atomic E-state index is -0.363. The Morgan fingerprint density at radius 1 is 1.07 bits per heavy atom. The van der Waals surface area contributed by atoms with Gasteiger partial charge < -0.3 is 10.3 Å². The lowest BCUT2D eigenvalue weighted by molar-refractivity contribution is 0.956. The molecule has 0 saturated heterocycles. The van der Waals surface area contributed by atoms with Gasteiger partial charge in [-0.1, -0.05) is 47.5 Å². The van der Waals surface area contributed by atoms with E-state index in [1.165, 1.54) is 0 Å². The molecule has 1 aliphatic heterocycles. The van der Waals surface area contributed by atoms with Gasteiger partial charge in [0, 0.05) is 43.5 Å². The number of hydrogen-bond acceptors (Lipinski definition) is 3. The van der Waals surface area contributed by atoms with Gasteiger partial charge in [0.05, 0.1) is 23.3 Å². The first-order valence-corrected chi connectivity index (χ1v) is 10.2. The van der Waals surface area contributed by atoms with E-state index in [-0.39, 0.29) is 5.92 Å². The molecule has 1 aliphatic rings. The molecular formula is C23H17Cl2N5. The summed E-state index contributed by atoms with van der Waals surface area (Å²) in [4.78, 5) is 3.42. The third kappa shape index (κ3) is 2.72. The van der Waals surface area contributed by atoms with Crippen LogP contribution < -0.4 is 5.32 Å². The molecule has 0 saturated carbocycles. The number of rotatable bonds is 2. The number of anilines is 1. The molecular weight excluding hydrogens is 417 g/mol.